The van der Waals surface area contributed by atoms with Crippen LogP contribution in [0.4, 0.5) is 5.69 Å². The number of rotatable bonds is 3. The summed E-state index contributed by atoms with van der Waals surface area (Å²) in [5, 5.41) is 6.98. The number of anilines is 1. The van der Waals surface area contributed by atoms with Gasteiger partial charge in [0.05, 0.1) is 17.4 Å². The van der Waals surface area contributed by atoms with Crippen molar-refractivity contribution < 1.29 is 4.79 Å². The highest BCUT2D eigenvalue weighted by Crippen LogP contribution is 2.27. The van der Waals surface area contributed by atoms with Gasteiger partial charge in [-0.05, 0) is 31.0 Å². The fourth-order valence-corrected chi connectivity index (χ4v) is 2.67. The van der Waals surface area contributed by atoms with Crippen LogP contribution in [0.3, 0.4) is 0 Å². The Hall–Kier alpha value is -1.63. The van der Waals surface area contributed by atoms with Crippen molar-refractivity contribution in [3.05, 3.63) is 36.8 Å². The Morgan fingerprint density at radius 2 is 1.96 bits per heavy atom. The largest absolute Gasteiger partial charge is 0.323 e. The Morgan fingerprint density at radius 1 is 1.22 bits per heavy atom. The van der Waals surface area contributed by atoms with E-state index in [-0.39, 0.29) is 30.7 Å². The third kappa shape index (κ3) is 4.43. The molecule has 1 fully saturated rings. The van der Waals surface area contributed by atoms with Crippen LogP contribution in [-0.2, 0) is 4.79 Å². The number of carbonyl (C=O) groups is 1. The fourth-order valence-electron chi connectivity index (χ4n) is 2.67. The molecule has 0 radical (unpaired) electrons. The Morgan fingerprint density at radius 3 is 2.52 bits per heavy atom. The number of nitrogens with zero attached hydrogens (tertiary/aromatic N) is 3. The lowest BCUT2D eigenvalue weighted by atomic mass is 9.82. The molecule has 0 spiro atoms. The van der Waals surface area contributed by atoms with Gasteiger partial charge in [-0.15, -0.1) is 24.8 Å². The first-order chi connectivity index (χ1) is 10.2. The molecule has 1 aliphatic rings. The maximum Gasteiger partial charge on any atom is 0.244 e. The van der Waals surface area contributed by atoms with Gasteiger partial charge in [-0.1, -0.05) is 19.3 Å². The summed E-state index contributed by atoms with van der Waals surface area (Å²) in [5.41, 5.74) is 6.13. The standard InChI is InChI=1S/C15H19N5O.2ClH/c16-15(7-2-1-3-8-15)14(21)19-12-5-6-13(17-11-12)20-10-4-9-18-20;;/h4-6,9-11H,1-3,7-8,16H2,(H,19,21);2*1H. The van der Waals surface area contributed by atoms with Crippen LogP contribution < -0.4 is 11.1 Å². The number of amides is 1. The van der Waals surface area contributed by atoms with Crippen molar-refractivity contribution in [2.45, 2.75) is 37.6 Å². The molecule has 0 saturated heterocycles. The van der Waals surface area contributed by atoms with Gasteiger partial charge in [-0.3, -0.25) is 4.79 Å². The lowest BCUT2D eigenvalue weighted by Crippen LogP contribution is -2.52. The zero-order chi connectivity index (χ0) is 14.7. The van der Waals surface area contributed by atoms with E-state index < -0.39 is 5.54 Å². The summed E-state index contributed by atoms with van der Waals surface area (Å²) in [6, 6.07) is 5.46. The third-order valence-electron chi connectivity index (χ3n) is 3.94. The number of pyridine rings is 1. The van der Waals surface area contributed by atoms with Gasteiger partial charge in [0.1, 0.15) is 0 Å². The fraction of sp³-hybridized carbons (Fsp3) is 0.400. The smallest absolute Gasteiger partial charge is 0.244 e. The predicted octanol–water partition coefficient (Wildman–Crippen LogP) is 2.71. The van der Waals surface area contributed by atoms with E-state index in [1.54, 1.807) is 17.1 Å². The van der Waals surface area contributed by atoms with Crippen LogP contribution >= 0.6 is 24.8 Å². The average molecular weight is 358 g/mol. The summed E-state index contributed by atoms with van der Waals surface area (Å²) < 4.78 is 1.66. The lowest BCUT2D eigenvalue weighted by Gasteiger charge is -2.31. The van der Waals surface area contributed by atoms with Crippen molar-refractivity contribution in [1.82, 2.24) is 14.8 Å². The van der Waals surface area contributed by atoms with E-state index in [1.807, 2.05) is 24.4 Å². The molecule has 126 valence electrons. The Kier molecular flexibility index (Phi) is 7.00. The SMILES string of the molecule is Cl.Cl.NC1(C(=O)Nc2ccc(-n3cccn3)nc2)CCCCC1. The number of hydrogen-bond acceptors (Lipinski definition) is 4. The van der Waals surface area contributed by atoms with Crippen molar-refractivity contribution in [3.8, 4) is 5.82 Å². The Balaban J connectivity index is 0.00000132. The Labute approximate surface area is 147 Å². The van der Waals surface area contributed by atoms with Crippen molar-refractivity contribution in [3.63, 3.8) is 0 Å². The number of hydrogen-bond donors (Lipinski definition) is 2. The first kappa shape index (κ1) is 19.4. The topological polar surface area (TPSA) is 85.8 Å². The van der Waals surface area contributed by atoms with Crippen LogP contribution in [0.25, 0.3) is 5.82 Å². The van der Waals surface area contributed by atoms with Gasteiger partial charge in [-0.2, -0.15) is 5.10 Å². The van der Waals surface area contributed by atoms with Crippen molar-refractivity contribution in [1.29, 1.82) is 0 Å². The minimum Gasteiger partial charge on any atom is -0.323 e. The maximum atomic E-state index is 12.3. The molecule has 23 heavy (non-hydrogen) atoms. The quantitative estimate of drug-likeness (QED) is 0.883. The van der Waals surface area contributed by atoms with Gasteiger partial charge in [0.2, 0.25) is 5.91 Å². The first-order valence-electron chi connectivity index (χ1n) is 7.24. The summed E-state index contributed by atoms with van der Waals surface area (Å²) >= 11 is 0. The number of carbonyl (C=O) groups excluding carboxylic acids is 1. The highest BCUT2D eigenvalue weighted by Gasteiger charge is 2.35. The third-order valence-corrected chi connectivity index (χ3v) is 3.94. The zero-order valence-corrected chi connectivity index (χ0v) is 14.3. The number of nitrogens with one attached hydrogen (secondary N) is 1. The molecule has 2 heterocycles. The van der Waals surface area contributed by atoms with Gasteiger partial charge >= 0.3 is 0 Å². The Bertz CT molecular complexity index is 609. The summed E-state index contributed by atoms with van der Waals surface area (Å²) in [6.45, 7) is 0. The minimum atomic E-state index is -0.737. The van der Waals surface area contributed by atoms with Gasteiger partial charge in [0.15, 0.2) is 5.82 Å². The van der Waals surface area contributed by atoms with E-state index in [9.17, 15) is 4.79 Å². The highest BCUT2D eigenvalue weighted by atomic mass is 35.5. The van der Waals surface area contributed by atoms with E-state index in [0.29, 0.717) is 11.5 Å². The van der Waals surface area contributed by atoms with Crippen LogP contribution in [-0.4, -0.2) is 26.2 Å². The maximum absolute atomic E-state index is 12.3. The van der Waals surface area contributed by atoms with Crippen LogP contribution in [0.5, 0.6) is 0 Å². The van der Waals surface area contributed by atoms with Gasteiger partial charge in [0, 0.05) is 12.4 Å². The lowest BCUT2D eigenvalue weighted by molar-refractivity contribution is -0.122. The van der Waals surface area contributed by atoms with Crippen LogP contribution in [0.15, 0.2) is 36.8 Å². The molecule has 2 aromatic rings. The average Bonchev–Trinajstić information content (AvgIpc) is 3.03. The van der Waals surface area contributed by atoms with Gasteiger partial charge in [0.25, 0.3) is 0 Å². The van der Waals surface area contributed by atoms with Crippen molar-refractivity contribution in [2.24, 2.45) is 5.73 Å². The molecule has 0 atom stereocenters. The highest BCUT2D eigenvalue weighted by molar-refractivity contribution is 5.97. The monoisotopic (exact) mass is 357 g/mol. The molecule has 6 nitrogen and oxygen atoms in total. The molecule has 3 N–H and O–H groups in total. The predicted molar refractivity (Wildman–Crippen MR) is 94.5 cm³/mol. The second-order valence-corrected chi connectivity index (χ2v) is 5.53. The van der Waals surface area contributed by atoms with Gasteiger partial charge in [-0.25, -0.2) is 9.67 Å². The summed E-state index contributed by atoms with van der Waals surface area (Å²) in [4.78, 5) is 16.6. The molecule has 1 aliphatic carbocycles. The van der Waals surface area contributed by atoms with Crippen molar-refractivity contribution >= 4 is 36.4 Å². The van der Waals surface area contributed by atoms with E-state index >= 15 is 0 Å². The summed E-state index contributed by atoms with van der Waals surface area (Å²) in [6.07, 6.45) is 9.82. The van der Waals surface area contributed by atoms with Crippen LogP contribution in [0.2, 0.25) is 0 Å². The molecule has 1 amide bonds. The van der Waals surface area contributed by atoms with E-state index in [0.717, 1.165) is 32.1 Å². The number of nitrogens with two attached hydrogens (primary N) is 1. The summed E-state index contributed by atoms with van der Waals surface area (Å²) in [7, 11) is 0. The van der Waals surface area contributed by atoms with E-state index in [2.05, 4.69) is 15.4 Å². The molecule has 1 saturated carbocycles. The number of aromatic nitrogens is 3. The van der Waals surface area contributed by atoms with Gasteiger partial charge < -0.3 is 11.1 Å². The molecule has 0 unspecified atom stereocenters. The molecular weight excluding hydrogens is 337 g/mol. The molecule has 0 aromatic carbocycles. The molecule has 2 aromatic heterocycles. The summed E-state index contributed by atoms with van der Waals surface area (Å²) in [5.74, 6) is 0.592. The number of halogens is 2. The molecule has 3 rings (SSSR count). The molecule has 0 bridgehead atoms. The zero-order valence-electron chi connectivity index (χ0n) is 12.6. The second kappa shape index (κ2) is 8.29. The van der Waals surface area contributed by atoms with E-state index in [1.165, 1.54) is 0 Å². The van der Waals surface area contributed by atoms with Crippen LogP contribution in [0, 0.1) is 0 Å². The first-order valence-corrected chi connectivity index (χ1v) is 7.24. The molecular formula is C15H21Cl2N5O. The van der Waals surface area contributed by atoms with Crippen molar-refractivity contribution in [2.75, 3.05) is 5.32 Å². The van der Waals surface area contributed by atoms with Crippen LogP contribution in [0.1, 0.15) is 32.1 Å². The molecule has 0 aliphatic heterocycles. The van der Waals surface area contributed by atoms with E-state index in [4.69, 9.17) is 5.73 Å². The minimum absolute atomic E-state index is 0. The second-order valence-electron chi connectivity index (χ2n) is 5.53. The molecule has 8 heteroatoms. The normalized spacial score (nSPS) is 15.9.